The Kier molecular flexibility index (Phi) is 14.9. The van der Waals surface area contributed by atoms with Crippen LogP contribution in [0.15, 0.2) is 60.7 Å². The first kappa shape index (κ1) is 36.4. The predicted molar refractivity (Wildman–Crippen MR) is 164 cm³/mol. The third-order valence-corrected chi connectivity index (χ3v) is 7.02. The van der Waals surface area contributed by atoms with Gasteiger partial charge >= 0.3 is 0 Å². The van der Waals surface area contributed by atoms with Crippen LogP contribution in [0.1, 0.15) is 38.8 Å². The van der Waals surface area contributed by atoms with E-state index in [-0.39, 0.29) is 25.0 Å². The van der Waals surface area contributed by atoms with Crippen molar-refractivity contribution in [2.45, 2.75) is 77.4 Å². The molecule has 44 heavy (non-hydrogen) atoms. The number of aliphatic hydroxyl groups excluding tert-OH is 2. The van der Waals surface area contributed by atoms with Crippen molar-refractivity contribution in [1.82, 2.24) is 21.3 Å². The van der Waals surface area contributed by atoms with Crippen LogP contribution >= 0.6 is 0 Å². The molecule has 0 radical (unpaired) electrons. The van der Waals surface area contributed by atoms with Crippen molar-refractivity contribution in [3.63, 3.8) is 0 Å². The maximum Gasteiger partial charge on any atom is 0.252 e. The van der Waals surface area contributed by atoms with Gasteiger partial charge in [-0.2, -0.15) is 0 Å². The summed E-state index contributed by atoms with van der Waals surface area (Å²) in [4.78, 5) is 52.0. The van der Waals surface area contributed by atoms with E-state index in [9.17, 15) is 29.4 Å². The van der Waals surface area contributed by atoms with Gasteiger partial charge in [0.25, 0.3) is 11.8 Å². The molecule has 12 nitrogen and oxygen atoms in total. The lowest BCUT2D eigenvalue weighted by Crippen LogP contribution is -2.60. The van der Waals surface area contributed by atoms with E-state index in [1.807, 2.05) is 0 Å². The van der Waals surface area contributed by atoms with Crippen LogP contribution < -0.4 is 21.3 Å². The number of ether oxygens (including phenoxy) is 2. The van der Waals surface area contributed by atoms with E-state index < -0.39 is 60.1 Å². The Bertz CT molecular complexity index is 1100. The minimum absolute atomic E-state index is 0.122. The number of benzene rings is 2. The lowest BCUT2D eigenvalue weighted by molar-refractivity contribution is -0.171. The van der Waals surface area contributed by atoms with Gasteiger partial charge in [0.2, 0.25) is 11.8 Å². The molecule has 2 aromatic carbocycles. The highest BCUT2D eigenvalue weighted by atomic mass is 16.5. The highest BCUT2D eigenvalue weighted by Crippen LogP contribution is 2.17. The molecular weight excluding hydrogens is 568 g/mol. The molecule has 6 unspecified atom stereocenters. The summed E-state index contributed by atoms with van der Waals surface area (Å²) in [6.07, 6.45) is -7.40. The zero-order valence-electron chi connectivity index (χ0n) is 26.2. The maximum absolute atomic E-state index is 13.5. The highest BCUT2D eigenvalue weighted by Gasteiger charge is 2.42. The fourth-order valence-electron chi connectivity index (χ4n) is 4.39. The topological polar surface area (TPSA) is 175 Å². The molecule has 12 heteroatoms. The number of hydrogen-bond donors (Lipinski definition) is 6. The largest absolute Gasteiger partial charge is 0.387 e. The van der Waals surface area contributed by atoms with Gasteiger partial charge in [-0.3, -0.25) is 19.2 Å². The summed E-state index contributed by atoms with van der Waals surface area (Å²) in [5.41, 5.74) is 1.36. The number of carbonyl (C=O) groups is 4. The zero-order chi connectivity index (χ0) is 32.8. The van der Waals surface area contributed by atoms with Crippen LogP contribution in [-0.2, 0) is 41.9 Å². The van der Waals surface area contributed by atoms with Gasteiger partial charge in [-0.1, -0.05) is 88.4 Å². The average molecular weight is 615 g/mol. The smallest absolute Gasteiger partial charge is 0.252 e. The number of amides is 4. The number of rotatable bonds is 17. The molecule has 0 spiro atoms. The van der Waals surface area contributed by atoms with Crippen molar-refractivity contribution in [3.8, 4) is 0 Å². The first-order valence-electron chi connectivity index (χ1n) is 14.6. The molecule has 0 bridgehead atoms. The van der Waals surface area contributed by atoms with Gasteiger partial charge in [-0.05, 0) is 23.0 Å². The molecule has 242 valence electrons. The standard InChI is InChI=1S/C32H46N4O8/c1-19(2)23(29(39)33-5)35-31(41)27(43-17-21-13-9-7-10-14-21)25(37)26(38)28(44-18-22-15-11-8-12-16-22)32(42)36-24(20(3)4)30(40)34-6/h7-16,19-20,23-28,37-38H,17-18H2,1-6H3,(H,33,39)(H,34,40)(H,35,41)(H,36,42). The quantitative estimate of drug-likeness (QED) is 0.151. The molecule has 0 aliphatic rings. The van der Waals surface area contributed by atoms with Gasteiger partial charge in [0.1, 0.15) is 24.3 Å². The lowest BCUT2D eigenvalue weighted by atomic mass is 9.98. The Morgan fingerprint density at radius 2 is 0.909 bits per heavy atom. The predicted octanol–water partition coefficient (Wildman–Crippen LogP) is 0.653. The van der Waals surface area contributed by atoms with Crippen LogP contribution in [0.5, 0.6) is 0 Å². The Hall–Kier alpha value is -3.84. The van der Waals surface area contributed by atoms with E-state index in [4.69, 9.17) is 9.47 Å². The van der Waals surface area contributed by atoms with Crippen molar-refractivity contribution in [1.29, 1.82) is 0 Å². The third kappa shape index (κ3) is 10.7. The van der Waals surface area contributed by atoms with Gasteiger partial charge in [0.05, 0.1) is 13.2 Å². The minimum Gasteiger partial charge on any atom is -0.387 e. The maximum atomic E-state index is 13.5. The van der Waals surface area contributed by atoms with Crippen LogP contribution in [0, 0.1) is 11.8 Å². The molecule has 0 saturated heterocycles. The molecule has 0 aliphatic heterocycles. The van der Waals surface area contributed by atoms with Crippen molar-refractivity contribution >= 4 is 23.6 Å². The molecule has 0 saturated carbocycles. The van der Waals surface area contributed by atoms with E-state index in [1.54, 1.807) is 88.4 Å². The summed E-state index contributed by atoms with van der Waals surface area (Å²) in [7, 11) is 2.87. The van der Waals surface area contributed by atoms with Crippen LogP contribution in [0.4, 0.5) is 0 Å². The van der Waals surface area contributed by atoms with E-state index in [0.717, 1.165) is 0 Å². The number of aliphatic hydroxyl groups is 2. The second kappa shape index (κ2) is 18.1. The van der Waals surface area contributed by atoms with Gasteiger partial charge < -0.3 is 41.0 Å². The van der Waals surface area contributed by atoms with Crippen molar-refractivity contribution in [3.05, 3.63) is 71.8 Å². The molecule has 0 fully saturated rings. The summed E-state index contributed by atoms with van der Waals surface area (Å²) in [6, 6.07) is 15.8. The van der Waals surface area contributed by atoms with E-state index >= 15 is 0 Å². The first-order valence-corrected chi connectivity index (χ1v) is 14.6. The Labute approximate surface area is 258 Å². The molecule has 0 aliphatic carbocycles. The summed E-state index contributed by atoms with van der Waals surface area (Å²) in [5.74, 6) is -3.29. The number of likely N-dealkylation sites (N-methyl/N-ethyl adjacent to an activating group) is 2. The SMILES string of the molecule is CNC(=O)C(NC(=O)C(OCc1ccccc1)C(O)C(O)C(OCc1ccccc1)C(=O)NC(C(=O)NC)C(C)C)C(C)C. The molecule has 2 rings (SSSR count). The van der Waals surface area contributed by atoms with E-state index in [1.165, 1.54) is 14.1 Å². The molecule has 2 aromatic rings. The number of nitrogens with one attached hydrogen (secondary N) is 4. The molecular formula is C32H46N4O8. The summed E-state index contributed by atoms with van der Waals surface area (Å²) >= 11 is 0. The molecule has 0 aromatic heterocycles. The van der Waals surface area contributed by atoms with Gasteiger partial charge in [0, 0.05) is 14.1 Å². The average Bonchev–Trinajstić information content (AvgIpc) is 3.02. The van der Waals surface area contributed by atoms with Gasteiger partial charge in [-0.25, -0.2) is 0 Å². The van der Waals surface area contributed by atoms with Crippen molar-refractivity contribution in [2.75, 3.05) is 14.1 Å². The molecule has 0 heterocycles. The second-order valence-corrected chi connectivity index (χ2v) is 11.1. The fraction of sp³-hybridized carbons (Fsp3) is 0.500. The normalized spacial score (nSPS) is 15.4. The third-order valence-electron chi connectivity index (χ3n) is 7.02. The molecule has 4 amide bonds. The van der Waals surface area contributed by atoms with Gasteiger partial charge in [-0.15, -0.1) is 0 Å². The fourth-order valence-corrected chi connectivity index (χ4v) is 4.39. The van der Waals surface area contributed by atoms with Crippen molar-refractivity contribution < 1.29 is 38.9 Å². The van der Waals surface area contributed by atoms with Crippen LogP contribution in [0.2, 0.25) is 0 Å². The Morgan fingerprint density at radius 3 is 1.18 bits per heavy atom. The number of carbonyl (C=O) groups excluding carboxylic acids is 4. The number of hydrogen-bond acceptors (Lipinski definition) is 8. The minimum atomic E-state index is -1.99. The molecule has 6 N–H and O–H groups in total. The van der Waals surface area contributed by atoms with Gasteiger partial charge in [0.15, 0.2) is 12.2 Å². The second-order valence-electron chi connectivity index (χ2n) is 11.1. The highest BCUT2D eigenvalue weighted by molar-refractivity contribution is 5.91. The Balaban J connectivity index is 2.42. The Morgan fingerprint density at radius 1 is 0.591 bits per heavy atom. The zero-order valence-corrected chi connectivity index (χ0v) is 26.2. The van der Waals surface area contributed by atoms with E-state index in [0.29, 0.717) is 11.1 Å². The van der Waals surface area contributed by atoms with Crippen LogP contribution in [0.3, 0.4) is 0 Å². The first-order chi connectivity index (χ1) is 20.9. The van der Waals surface area contributed by atoms with Crippen LogP contribution in [0.25, 0.3) is 0 Å². The lowest BCUT2D eigenvalue weighted by Gasteiger charge is -2.32. The van der Waals surface area contributed by atoms with E-state index in [2.05, 4.69) is 21.3 Å². The van der Waals surface area contributed by atoms with Crippen molar-refractivity contribution in [2.24, 2.45) is 11.8 Å². The summed E-state index contributed by atoms with van der Waals surface area (Å²) in [5, 5.41) is 33.0. The summed E-state index contributed by atoms with van der Waals surface area (Å²) < 4.78 is 11.7. The monoisotopic (exact) mass is 614 g/mol. The molecule has 6 atom stereocenters. The summed E-state index contributed by atoms with van der Waals surface area (Å²) in [6.45, 7) is 6.70. The van der Waals surface area contributed by atoms with Crippen LogP contribution in [-0.4, -0.2) is 84.4 Å².